The fourth-order valence-electron chi connectivity index (χ4n) is 3.38. The Morgan fingerprint density at radius 3 is 2.52 bits per heavy atom. The van der Waals surface area contributed by atoms with Crippen LogP contribution in [0.5, 0.6) is 0 Å². The molecule has 1 aliphatic heterocycles. The molecular weight excluding hydrogens is 378 g/mol. The van der Waals surface area contributed by atoms with Crippen LogP contribution in [0.15, 0.2) is 71.7 Å². The van der Waals surface area contributed by atoms with Gasteiger partial charge in [-0.15, -0.1) is 6.58 Å². The van der Waals surface area contributed by atoms with E-state index in [1.165, 1.54) is 0 Å². The Hall–Kier alpha value is -2.07. The molecule has 2 aromatic carbocycles. The van der Waals surface area contributed by atoms with Crippen molar-refractivity contribution in [1.82, 2.24) is 4.90 Å². The van der Waals surface area contributed by atoms with Crippen LogP contribution in [-0.2, 0) is 10.3 Å². The lowest BCUT2D eigenvalue weighted by Crippen LogP contribution is -2.48. The smallest absolute Gasteiger partial charge is 0.411 e. The first-order chi connectivity index (χ1) is 12.1. The third kappa shape index (κ3) is 3.64. The molecule has 0 saturated carbocycles. The molecule has 2 aromatic rings. The molecule has 0 bridgehead atoms. The van der Waals surface area contributed by atoms with Gasteiger partial charge in [-0.3, -0.25) is 0 Å². The van der Waals surface area contributed by atoms with Gasteiger partial charge in [0.2, 0.25) is 0 Å². The Balaban J connectivity index is 1.82. The van der Waals surface area contributed by atoms with Crippen molar-refractivity contribution in [1.29, 1.82) is 0 Å². The van der Waals surface area contributed by atoms with Gasteiger partial charge >= 0.3 is 6.09 Å². The maximum absolute atomic E-state index is 12.8. The van der Waals surface area contributed by atoms with Crippen molar-refractivity contribution in [3.63, 3.8) is 0 Å². The third-order valence-corrected chi connectivity index (χ3v) is 5.40. The quantitative estimate of drug-likeness (QED) is 0.592. The summed E-state index contributed by atoms with van der Waals surface area (Å²) in [5.41, 5.74) is 1.51. The monoisotopic (exact) mass is 399 g/mol. The van der Waals surface area contributed by atoms with Crippen molar-refractivity contribution in [2.75, 3.05) is 6.54 Å². The largest absolute Gasteiger partial charge is 0.437 e. The Labute approximate surface area is 157 Å². The maximum Gasteiger partial charge on any atom is 0.411 e. The number of carbonyl (C=O) groups is 1. The summed E-state index contributed by atoms with van der Waals surface area (Å²) in [6.07, 6.45) is 2.92. The number of benzene rings is 2. The number of halogens is 1. The first-order valence-electron chi connectivity index (χ1n) is 8.47. The number of hydrogen-bond acceptors (Lipinski definition) is 2. The normalized spacial score (nSPS) is 21.5. The van der Waals surface area contributed by atoms with Crippen molar-refractivity contribution in [3.05, 3.63) is 82.9 Å². The molecular formula is C21H22BrNO2. The summed E-state index contributed by atoms with van der Waals surface area (Å²) in [5.74, 6) is 0. The maximum atomic E-state index is 12.8. The molecule has 0 spiro atoms. The van der Waals surface area contributed by atoms with Crippen LogP contribution in [0, 0.1) is 0 Å². The minimum atomic E-state index is -0.615. The highest BCUT2D eigenvalue weighted by molar-refractivity contribution is 9.10. The minimum Gasteiger partial charge on any atom is -0.437 e. The number of rotatable bonds is 5. The zero-order valence-corrected chi connectivity index (χ0v) is 15.9. The summed E-state index contributed by atoms with van der Waals surface area (Å²) < 4.78 is 7.01. The highest BCUT2D eigenvalue weighted by Crippen LogP contribution is 2.39. The first kappa shape index (κ1) is 17.7. The highest BCUT2D eigenvalue weighted by atomic mass is 79.9. The van der Waals surface area contributed by atoms with E-state index in [1.807, 2.05) is 67.6 Å². The molecule has 1 aliphatic rings. The molecule has 0 aliphatic carbocycles. The van der Waals surface area contributed by atoms with E-state index in [1.54, 1.807) is 4.90 Å². The van der Waals surface area contributed by atoms with Crippen LogP contribution < -0.4 is 0 Å². The van der Waals surface area contributed by atoms with Gasteiger partial charge in [-0.2, -0.15) is 0 Å². The number of amides is 1. The second kappa shape index (κ2) is 7.44. The Kier molecular flexibility index (Phi) is 5.28. The molecule has 3 rings (SSSR count). The van der Waals surface area contributed by atoms with Crippen molar-refractivity contribution in [2.45, 2.75) is 31.4 Å². The van der Waals surface area contributed by atoms with E-state index in [9.17, 15) is 4.79 Å². The second-order valence-corrected chi connectivity index (χ2v) is 7.31. The lowest BCUT2D eigenvalue weighted by molar-refractivity contribution is -0.0588. The molecule has 0 aromatic heterocycles. The lowest BCUT2D eigenvalue weighted by atomic mass is 9.85. The summed E-state index contributed by atoms with van der Waals surface area (Å²) in [6, 6.07) is 18.0. The predicted molar refractivity (Wildman–Crippen MR) is 103 cm³/mol. The fourth-order valence-corrected chi connectivity index (χ4v) is 3.65. The number of cyclic esters (lactones) is 1. The van der Waals surface area contributed by atoms with E-state index in [0.29, 0.717) is 13.0 Å². The Bertz CT molecular complexity index is 744. The molecule has 4 heteroatoms. The summed E-state index contributed by atoms with van der Waals surface area (Å²) >= 11 is 3.45. The standard InChI is InChI=1S/C21H22BrNO2/c1-3-13-21(18-7-5-4-6-8-18)14-15-23(20(24)25-21)16(2)17-9-11-19(22)12-10-17/h3-12,16H,1,13-15H2,2H3/t16-,21?/m1/s1. The third-order valence-electron chi connectivity index (χ3n) is 4.87. The van der Waals surface area contributed by atoms with Crippen LogP contribution in [0.3, 0.4) is 0 Å². The van der Waals surface area contributed by atoms with Crippen molar-refractivity contribution < 1.29 is 9.53 Å². The average molecular weight is 400 g/mol. The molecule has 1 fully saturated rings. The molecule has 3 nitrogen and oxygen atoms in total. The van der Waals surface area contributed by atoms with Gasteiger partial charge in [0.1, 0.15) is 5.60 Å². The van der Waals surface area contributed by atoms with Crippen molar-refractivity contribution >= 4 is 22.0 Å². The SMILES string of the molecule is C=CCC1(c2ccccc2)CCN([C@H](C)c2ccc(Br)cc2)C(=O)O1. The molecule has 1 amide bonds. The number of hydrogen-bond donors (Lipinski definition) is 0. The van der Waals surface area contributed by atoms with Crippen molar-refractivity contribution in [2.24, 2.45) is 0 Å². The molecule has 1 saturated heterocycles. The van der Waals surface area contributed by atoms with Gasteiger partial charge in [0.05, 0.1) is 6.04 Å². The molecule has 130 valence electrons. The van der Waals surface area contributed by atoms with Gasteiger partial charge in [0.25, 0.3) is 0 Å². The number of carbonyl (C=O) groups excluding carboxylic acids is 1. The van der Waals surface area contributed by atoms with Gasteiger partial charge in [0.15, 0.2) is 0 Å². The van der Waals surface area contributed by atoms with E-state index in [-0.39, 0.29) is 12.1 Å². The number of ether oxygens (including phenoxy) is 1. The molecule has 0 N–H and O–H groups in total. The fraction of sp³-hybridized carbons (Fsp3) is 0.286. The van der Waals surface area contributed by atoms with Crippen LogP contribution in [-0.4, -0.2) is 17.5 Å². The van der Waals surface area contributed by atoms with E-state index in [2.05, 4.69) is 22.5 Å². The van der Waals surface area contributed by atoms with E-state index in [0.717, 1.165) is 22.0 Å². The topological polar surface area (TPSA) is 29.5 Å². The van der Waals surface area contributed by atoms with Gasteiger partial charge in [0, 0.05) is 23.9 Å². The summed E-state index contributed by atoms with van der Waals surface area (Å²) in [4.78, 5) is 14.6. The van der Waals surface area contributed by atoms with Gasteiger partial charge < -0.3 is 9.64 Å². The van der Waals surface area contributed by atoms with Crippen LogP contribution >= 0.6 is 15.9 Å². The second-order valence-electron chi connectivity index (χ2n) is 6.39. The zero-order valence-electron chi connectivity index (χ0n) is 14.3. The van der Waals surface area contributed by atoms with E-state index >= 15 is 0 Å². The van der Waals surface area contributed by atoms with Gasteiger partial charge in [-0.25, -0.2) is 4.79 Å². The van der Waals surface area contributed by atoms with Crippen LogP contribution in [0.2, 0.25) is 0 Å². The van der Waals surface area contributed by atoms with E-state index < -0.39 is 5.60 Å². The lowest BCUT2D eigenvalue weighted by Gasteiger charge is -2.43. The Morgan fingerprint density at radius 1 is 1.24 bits per heavy atom. The van der Waals surface area contributed by atoms with E-state index in [4.69, 9.17) is 4.74 Å². The highest BCUT2D eigenvalue weighted by Gasteiger charge is 2.42. The summed E-state index contributed by atoms with van der Waals surface area (Å²) in [6.45, 7) is 6.54. The van der Waals surface area contributed by atoms with Crippen molar-refractivity contribution in [3.8, 4) is 0 Å². The molecule has 25 heavy (non-hydrogen) atoms. The average Bonchev–Trinajstić information content (AvgIpc) is 2.63. The first-order valence-corrected chi connectivity index (χ1v) is 9.26. The van der Waals surface area contributed by atoms with Crippen LogP contribution in [0.1, 0.15) is 36.9 Å². The zero-order chi connectivity index (χ0) is 17.9. The Morgan fingerprint density at radius 2 is 1.92 bits per heavy atom. The molecule has 1 heterocycles. The van der Waals surface area contributed by atoms with Crippen LogP contribution in [0.4, 0.5) is 4.79 Å². The molecule has 0 radical (unpaired) electrons. The molecule has 1 unspecified atom stereocenters. The molecule has 2 atom stereocenters. The van der Waals surface area contributed by atoms with Gasteiger partial charge in [-0.1, -0.05) is 64.5 Å². The van der Waals surface area contributed by atoms with Crippen LogP contribution in [0.25, 0.3) is 0 Å². The minimum absolute atomic E-state index is 0.0295. The summed E-state index contributed by atoms with van der Waals surface area (Å²) in [5, 5.41) is 0. The number of nitrogens with zero attached hydrogens (tertiary/aromatic N) is 1. The van der Waals surface area contributed by atoms with Gasteiger partial charge in [-0.05, 0) is 30.2 Å². The predicted octanol–water partition coefficient (Wildman–Crippen LogP) is 5.82. The summed E-state index contributed by atoms with van der Waals surface area (Å²) in [7, 11) is 0.